The average molecular weight is 228 g/mol. The number of amides is 2. The van der Waals surface area contributed by atoms with Gasteiger partial charge in [0.2, 0.25) is 0 Å². The predicted octanol–water partition coefficient (Wildman–Crippen LogP) is 0.478. The van der Waals surface area contributed by atoms with E-state index in [1.807, 2.05) is 6.92 Å². The van der Waals surface area contributed by atoms with Crippen LogP contribution in [0.15, 0.2) is 0 Å². The lowest BCUT2D eigenvalue weighted by molar-refractivity contribution is 0.247. The van der Waals surface area contributed by atoms with Gasteiger partial charge in [-0.25, -0.2) is 4.79 Å². The topological polar surface area (TPSA) is 55.1 Å². The van der Waals surface area contributed by atoms with Crippen LogP contribution in [0.5, 0.6) is 0 Å². The van der Waals surface area contributed by atoms with E-state index in [0.29, 0.717) is 0 Å². The molecule has 0 unspecified atom stereocenters. The Morgan fingerprint density at radius 1 is 2.00 bits per heavy atom. The van der Waals surface area contributed by atoms with Gasteiger partial charge in [0.1, 0.15) is 0 Å². The van der Waals surface area contributed by atoms with Crippen LogP contribution in [0, 0.1) is 0 Å². The van der Waals surface area contributed by atoms with Crippen molar-refractivity contribution in [2.24, 2.45) is 5.73 Å². The Kier molecular flexibility index (Phi) is 3.94. The van der Waals surface area contributed by atoms with E-state index in [1.54, 1.807) is 0 Å². The number of carbonyl (C=O) groups excluding carboxylic acids is 1. The summed E-state index contributed by atoms with van der Waals surface area (Å²) in [6.45, 7) is 1.90. The van der Waals surface area contributed by atoms with Crippen LogP contribution in [0.4, 0.5) is 4.79 Å². The van der Waals surface area contributed by atoms with Gasteiger partial charge >= 0.3 is 6.03 Å². The normalized spacial score (nSPS) is 12.8. The summed E-state index contributed by atoms with van der Waals surface area (Å²) >= 11 is 2.18. The van der Waals surface area contributed by atoms with Crippen molar-refractivity contribution in [1.82, 2.24) is 5.32 Å². The van der Waals surface area contributed by atoms with E-state index in [9.17, 15) is 4.79 Å². The molecule has 0 saturated heterocycles. The summed E-state index contributed by atoms with van der Waals surface area (Å²) in [5.41, 5.74) is 4.82. The van der Waals surface area contributed by atoms with Crippen molar-refractivity contribution in [3.05, 3.63) is 0 Å². The standard InChI is InChI=1S/C4H9IN2O/c1-3(2-5)7-4(6)8/h3H,2H2,1H3,(H3,6,7,8)/t3-/m1/s1. The molecule has 0 radical (unpaired) electrons. The molecule has 2 amide bonds. The lowest BCUT2D eigenvalue weighted by atomic mass is 10.4. The summed E-state index contributed by atoms with van der Waals surface area (Å²) in [4.78, 5) is 10.1. The van der Waals surface area contributed by atoms with Crippen molar-refractivity contribution in [2.45, 2.75) is 13.0 Å². The Morgan fingerprint density at radius 2 is 2.50 bits per heavy atom. The molecule has 0 aromatic heterocycles. The summed E-state index contributed by atoms with van der Waals surface area (Å²) < 4.78 is 0.890. The molecule has 0 aliphatic carbocycles. The van der Waals surface area contributed by atoms with Crippen molar-refractivity contribution in [3.63, 3.8) is 0 Å². The molecule has 48 valence electrons. The van der Waals surface area contributed by atoms with Gasteiger partial charge in [-0.1, -0.05) is 22.6 Å². The van der Waals surface area contributed by atoms with Crippen LogP contribution in [0.2, 0.25) is 0 Å². The first-order chi connectivity index (χ1) is 3.66. The van der Waals surface area contributed by atoms with Crippen molar-refractivity contribution in [1.29, 1.82) is 0 Å². The molecule has 0 aromatic carbocycles. The molecule has 4 heteroatoms. The number of halogens is 1. The van der Waals surface area contributed by atoms with E-state index in [-0.39, 0.29) is 6.04 Å². The van der Waals surface area contributed by atoms with Gasteiger partial charge in [0.15, 0.2) is 0 Å². The van der Waals surface area contributed by atoms with E-state index in [2.05, 4.69) is 27.9 Å². The van der Waals surface area contributed by atoms with E-state index in [1.165, 1.54) is 0 Å². The predicted molar refractivity (Wildman–Crippen MR) is 41.1 cm³/mol. The first-order valence-electron chi connectivity index (χ1n) is 2.28. The monoisotopic (exact) mass is 228 g/mol. The number of urea groups is 1. The van der Waals surface area contributed by atoms with E-state index in [0.717, 1.165) is 4.43 Å². The van der Waals surface area contributed by atoms with Gasteiger partial charge in [-0.15, -0.1) is 0 Å². The zero-order valence-corrected chi connectivity index (χ0v) is 6.81. The second-order valence-corrected chi connectivity index (χ2v) is 2.44. The fraction of sp³-hybridized carbons (Fsp3) is 0.750. The number of hydrogen-bond donors (Lipinski definition) is 2. The maximum atomic E-state index is 10.1. The molecule has 0 fully saturated rings. The maximum Gasteiger partial charge on any atom is 0.312 e. The third-order valence-corrected chi connectivity index (χ3v) is 1.94. The van der Waals surface area contributed by atoms with Gasteiger partial charge in [-0.3, -0.25) is 0 Å². The van der Waals surface area contributed by atoms with Gasteiger partial charge < -0.3 is 11.1 Å². The summed E-state index contributed by atoms with van der Waals surface area (Å²) in [6, 6.07) is -0.262. The quantitative estimate of drug-likeness (QED) is 0.524. The van der Waals surface area contributed by atoms with Gasteiger partial charge in [-0.05, 0) is 6.92 Å². The minimum absolute atomic E-state index is 0.188. The molecule has 0 saturated carbocycles. The second-order valence-electron chi connectivity index (χ2n) is 1.56. The molecule has 8 heavy (non-hydrogen) atoms. The zero-order chi connectivity index (χ0) is 6.57. The van der Waals surface area contributed by atoms with E-state index < -0.39 is 6.03 Å². The highest BCUT2D eigenvalue weighted by atomic mass is 127. The number of carbonyl (C=O) groups is 1. The molecular weight excluding hydrogens is 219 g/mol. The fourth-order valence-corrected chi connectivity index (χ4v) is 0.502. The van der Waals surface area contributed by atoms with Crippen LogP contribution < -0.4 is 11.1 Å². The summed E-state index contributed by atoms with van der Waals surface area (Å²) in [5, 5.41) is 2.52. The first kappa shape index (κ1) is 8.00. The van der Waals surface area contributed by atoms with Crippen LogP contribution in [-0.4, -0.2) is 16.5 Å². The summed E-state index contributed by atoms with van der Waals surface area (Å²) in [5.74, 6) is 0. The molecule has 0 aromatic rings. The SMILES string of the molecule is C[C@H](CI)NC(N)=O. The van der Waals surface area contributed by atoms with Crippen LogP contribution >= 0.6 is 22.6 Å². The van der Waals surface area contributed by atoms with Gasteiger partial charge in [0, 0.05) is 10.5 Å². The molecule has 0 aliphatic rings. The van der Waals surface area contributed by atoms with Crippen LogP contribution in [0.1, 0.15) is 6.92 Å². The fourth-order valence-electron chi connectivity index (χ4n) is 0.281. The molecule has 0 aliphatic heterocycles. The lowest BCUT2D eigenvalue weighted by Crippen LogP contribution is -2.37. The van der Waals surface area contributed by atoms with Crippen LogP contribution in [0.3, 0.4) is 0 Å². The number of hydrogen-bond acceptors (Lipinski definition) is 1. The number of rotatable bonds is 2. The molecule has 0 heterocycles. The minimum atomic E-state index is -0.450. The van der Waals surface area contributed by atoms with E-state index >= 15 is 0 Å². The highest BCUT2D eigenvalue weighted by Crippen LogP contribution is 1.87. The van der Waals surface area contributed by atoms with Crippen molar-refractivity contribution >= 4 is 28.6 Å². The smallest absolute Gasteiger partial charge is 0.312 e. The Bertz CT molecular complexity index is 86.1. The molecule has 3 N–H and O–H groups in total. The zero-order valence-electron chi connectivity index (χ0n) is 4.65. The van der Waals surface area contributed by atoms with Crippen molar-refractivity contribution in [2.75, 3.05) is 4.43 Å². The number of nitrogens with two attached hydrogens (primary N) is 1. The van der Waals surface area contributed by atoms with Gasteiger partial charge in [-0.2, -0.15) is 0 Å². The molecule has 0 rings (SSSR count). The highest BCUT2D eigenvalue weighted by molar-refractivity contribution is 14.1. The molecule has 0 bridgehead atoms. The Hall–Kier alpha value is 0. The molecule has 0 spiro atoms. The third kappa shape index (κ3) is 4.17. The molecule has 3 nitrogen and oxygen atoms in total. The number of nitrogens with one attached hydrogen (secondary N) is 1. The number of alkyl halides is 1. The average Bonchev–Trinajstić information content (AvgIpc) is 1.65. The Balaban J connectivity index is 3.24. The van der Waals surface area contributed by atoms with Crippen LogP contribution in [-0.2, 0) is 0 Å². The van der Waals surface area contributed by atoms with Gasteiger partial charge in [0.05, 0.1) is 0 Å². The van der Waals surface area contributed by atoms with Crippen molar-refractivity contribution in [3.8, 4) is 0 Å². The largest absolute Gasteiger partial charge is 0.352 e. The first-order valence-corrected chi connectivity index (χ1v) is 3.81. The van der Waals surface area contributed by atoms with Gasteiger partial charge in [0.25, 0.3) is 0 Å². The maximum absolute atomic E-state index is 10.1. The lowest BCUT2D eigenvalue weighted by Gasteiger charge is -2.05. The minimum Gasteiger partial charge on any atom is -0.352 e. The summed E-state index contributed by atoms with van der Waals surface area (Å²) in [6.07, 6.45) is 0. The second kappa shape index (κ2) is 3.94. The Labute approximate surface area is 62.1 Å². The van der Waals surface area contributed by atoms with E-state index in [4.69, 9.17) is 5.73 Å². The number of primary amides is 1. The highest BCUT2D eigenvalue weighted by Gasteiger charge is 1.98. The van der Waals surface area contributed by atoms with Crippen molar-refractivity contribution < 1.29 is 4.79 Å². The Morgan fingerprint density at radius 3 is 2.62 bits per heavy atom. The molecular formula is C4H9IN2O. The summed E-state index contributed by atoms with van der Waals surface area (Å²) in [7, 11) is 0. The van der Waals surface area contributed by atoms with Crippen LogP contribution in [0.25, 0.3) is 0 Å². The third-order valence-electron chi connectivity index (χ3n) is 0.620. The molecule has 1 atom stereocenters.